The molecular weight excluding hydrogens is 431 g/mol. The minimum absolute atomic E-state index is 0.351. The van der Waals surface area contributed by atoms with Gasteiger partial charge in [-0.25, -0.2) is 19.3 Å². The number of hydrogen-bond acceptors (Lipinski definition) is 6. The lowest BCUT2D eigenvalue weighted by atomic mass is 10.2. The van der Waals surface area contributed by atoms with Crippen LogP contribution in [0.25, 0.3) is 6.08 Å². The molecule has 0 bridgehead atoms. The highest BCUT2D eigenvalue weighted by atomic mass is 19.1. The van der Waals surface area contributed by atoms with Crippen LogP contribution in [0.4, 0.5) is 33.2 Å². The van der Waals surface area contributed by atoms with Gasteiger partial charge in [0, 0.05) is 35.3 Å². The van der Waals surface area contributed by atoms with E-state index in [1.54, 1.807) is 42.6 Å². The maximum absolute atomic E-state index is 13.7. The number of anilines is 5. The maximum atomic E-state index is 13.7. The quantitative estimate of drug-likeness (QED) is 0.307. The molecule has 0 unspecified atom stereocenters. The number of pyridine rings is 1. The van der Waals surface area contributed by atoms with Crippen LogP contribution in [0, 0.1) is 19.7 Å². The van der Waals surface area contributed by atoms with Gasteiger partial charge in [0.25, 0.3) is 0 Å². The molecule has 0 aliphatic rings. The molecule has 0 atom stereocenters. The van der Waals surface area contributed by atoms with E-state index in [1.165, 1.54) is 18.2 Å². The van der Waals surface area contributed by atoms with E-state index in [0.29, 0.717) is 34.5 Å². The van der Waals surface area contributed by atoms with E-state index in [-0.39, 0.29) is 11.7 Å². The summed E-state index contributed by atoms with van der Waals surface area (Å²) in [6.45, 7) is 3.81. The van der Waals surface area contributed by atoms with E-state index in [9.17, 15) is 9.18 Å². The molecule has 170 valence electrons. The van der Waals surface area contributed by atoms with E-state index in [4.69, 9.17) is 0 Å². The standard InChI is InChI=1S/C26H23FN6O/c1-17-13-14-28-23(15-17)33-25-16-24(29-18(2)30-25)31-20-8-10-21(11-9-20)32-26(34)12-7-19-5-3-4-6-22(19)27/h3-16H,1-2H3,(H,32,34)(H2,28,29,30,31,33)/b12-7+. The van der Waals surface area contributed by atoms with Gasteiger partial charge in [0.1, 0.15) is 29.1 Å². The molecule has 0 aliphatic heterocycles. The predicted molar refractivity (Wildman–Crippen MR) is 133 cm³/mol. The summed E-state index contributed by atoms with van der Waals surface area (Å²) < 4.78 is 13.7. The van der Waals surface area contributed by atoms with Crippen LogP contribution in [0.3, 0.4) is 0 Å². The zero-order valence-corrected chi connectivity index (χ0v) is 18.7. The molecule has 1 amide bonds. The van der Waals surface area contributed by atoms with Gasteiger partial charge in [-0.1, -0.05) is 18.2 Å². The lowest BCUT2D eigenvalue weighted by molar-refractivity contribution is -0.111. The van der Waals surface area contributed by atoms with Crippen molar-refractivity contribution in [2.75, 3.05) is 16.0 Å². The predicted octanol–water partition coefficient (Wildman–Crippen LogP) is 5.77. The highest BCUT2D eigenvalue weighted by molar-refractivity contribution is 6.02. The van der Waals surface area contributed by atoms with Gasteiger partial charge in [-0.05, 0) is 68.0 Å². The SMILES string of the molecule is Cc1ccnc(Nc2cc(Nc3ccc(NC(=O)/C=C/c4ccccc4F)cc3)nc(C)n2)c1. The van der Waals surface area contributed by atoms with Gasteiger partial charge in [0.15, 0.2) is 0 Å². The van der Waals surface area contributed by atoms with Crippen molar-refractivity contribution in [3.05, 3.63) is 102 Å². The molecule has 2 heterocycles. The van der Waals surface area contributed by atoms with E-state index < -0.39 is 0 Å². The fourth-order valence-corrected chi connectivity index (χ4v) is 3.18. The minimum Gasteiger partial charge on any atom is -0.340 e. The number of rotatable bonds is 7. The van der Waals surface area contributed by atoms with Crippen LogP contribution in [0.5, 0.6) is 0 Å². The van der Waals surface area contributed by atoms with Gasteiger partial charge in [0.05, 0.1) is 0 Å². The third-order valence-electron chi connectivity index (χ3n) is 4.75. The summed E-state index contributed by atoms with van der Waals surface area (Å²) in [7, 11) is 0. The second-order valence-corrected chi connectivity index (χ2v) is 7.58. The summed E-state index contributed by atoms with van der Waals surface area (Å²) in [5, 5.41) is 9.18. The summed E-state index contributed by atoms with van der Waals surface area (Å²) in [6, 6.07) is 19.1. The molecule has 0 aliphatic carbocycles. The monoisotopic (exact) mass is 454 g/mol. The fraction of sp³-hybridized carbons (Fsp3) is 0.0769. The molecule has 0 saturated heterocycles. The lowest BCUT2D eigenvalue weighted by Crippen LogP contribution is -2.07. The molecule has 2 aromatic heterocycles. The highest BCUT2D eigenvalue weighted by Gasteiger charge is 2.05. The van der Waals surface area contributed by atoms with Crippen molar-refractivity contribution in [1.29, 1.82) is 0 Å². The maximum Gasteiger partial charge on any atom is 0.248 e. The van der Waals surface area contributed by atoms with Gasteiger partial charge in [-0.2, -0.15) is 0 Å². The second kappa shape index (κ2) is 10.4. The van der Waals surface area contributed by atoms with E-state index >= 15 is 0 Å². The van der Waals surface area contributed by atoms with Crippen molar-refractivity contribution >= 4 is 40.8 Å². The number of halogens is 1. The van der Waals surface area contributed by atoms with Crippen LogP contribution in [0.15, 0.2) is 79.0 Å². The topological polar surface area (TPSA) is 91.8 Å². The van der Waals surface area contributed by atoms with Crippen molar-refractivity contribution < 1.29 is 9.18 Å². The number of benzene rings is 2. The van der Waals surface area contributed by atoms with Crippen LogP contribution >= 0.6 is 0 Å². The summed E-state index contributed by atoms with van der Waals surface area (Å²) in [5.41, 5.74) is 2.85. The lowest BCUT2D eigenvalue weighted by Gasteiger charge is -2.11. The minimum atomic E-state index is -0.379. The number of aryl methyl sites for hydroxylation is 2. The molecule has 7 nitrogen and oxygen atoms in total. The first-order chi connectivity index (χ1) is 16.4. The summed E-state index contributed by atoms with van der Waals surface area (Å²) in [4.78, 5) is 25.3. The number of nitrogens with one attached hydrogen (secondary N) is 3. The zero-order chi connectivity index (χ0) is 23.9. The number of carbonyl (C=O) groups is 1. The van der Waals surface area contributed by atoms with Crippen molar-refractivity contribution in [3.63, 3.8) is 0 Å². The number of amides is 1. The first kappa shape index (κ1) is 22.6. The van der Waals surface area contributed by atoms with Crippen LogP contribution in [-0.2, 0) is 4.79 Å². The molecule has 8 heteroatoms. The molecule has 0 radical (unpaired) electrons. The Morgan fingerprint density at radius 1 is 0.853 bits per heavy atom. The fourth-order valence-electron chi connectivity index (χ4n) is 3.18. The zero-order valence-electron chi connectivity index (χ0n) is 18.7. The van der Waals surface area contributed by atoms with Gasteiger partial charge in [0.2, 0.25) is 5.91 Å². The van der Waals surface area contributed by atoms with Gasteiger partial charge in [-0.15, -0.1) is 0 Å². The Morgan fingerprint density at radius 3 is 2.29 bits per heavy atom. The summed E-state index contributed by atoms with van der Waals surface area (Å²) in [6.07, 6.45) is 4.47. The number of nitrogens with zero attached hydrogens (tertiary/aromatic N) is 3. The van der Waals surface area contributed by atoms with Crippen LogP contribution in [0.1, 0.15) is 17.0 Å². The Balaban J connectivity index is 1.39. The number of carbonyl (C=O) groups excluding carboxylic acids is 1. The Kier molecular flexibility index (Phi) is 6.88. The van der Waals surface area contributed by atoms with Crippen molar-refractivity contribution in [1.82, 2.24) is 15.0 Å². The van der Waals surface area contributed by atoms with Crippen molar-refractivity contribution in [3.8, 4) is 0 Å². The van der Waals surface area contributed by atoms with Gasteiger partial charge in [-0.3, -0.25) is 4.79 Å². The van der Waals surface area contributed by atoms with Crippen LogP contribution in [0.2, 0.25) is 0 Å². The Bertz CT molecular complexity index is 1340. The molecule has 34 heavy (non-hydrogen) atoms. The normalized spacial score (nSPS) is 10.8. The first-order valence-electron chi connectivity index (χ1n) is 10.6. The summed E-state index contributed by atoms with van der Waals surface area (Å²) >= 11 is 0. The van der Waals surface area contributed by atoms with E-state index in [1.807, 2.05) is 38.1 Å². The third kappa shape index (κ3) is 6.23. The molecule has 3 N–H and O–H groups in total. The van der Waals surface area contributed by atoms with Gasteiger partial charge < -0.3 is 16.0 Å². The smallest absolute Gasteiger partial charge is 0.248 e. The second-order valence-electron chi connectivity index (χ2n) is 7.58. The highest BCUT2D eigenvalue weighted by Crippen LogP contribution is 2.21. The van der Waals surface area contributed by atoms with Crippen LogP contribution < -0.4 is 16.0 Å². The largest absolute Gasteiger partial charge is 0.340 e. The third-order valence-corrected chi connectivity index (χ3v) is 4.75. The molecule has 2 aromatic carbocycles. The molecular formula is C26H23FN6O. The Labute approximate surface area is 196 Å². The molecule has 4 aromatic rings. The Hall–Kier alpha value is -4.59. The number of hydrogen-bond donors (Lipinski definition) is 3. The Morgan fingerprint density at radius 2 is 1.56 bits per heavy atom. The van der Waals surface area contributed by atoms with Crippen molar-refractivity contribution in [2.24, 2.45) is 0 Å². The van der Waals surface area contributed by atoms with Crippen molar-refractivity contribution in [2.45, 2.75) is 13.8 Å². The molecule has 4 rings (SSSR count). The van der Waals surface area contributed by atoms with Crippen LogP contribution in [-0.4, -0.2) is 20.9 Å². The number of aromatic nitrogens is 3. The molecule has 0 saturated carbocycles. The molecule has 0 fully saturated rings. The average molecular weight is 455 g/mol. The first-order valence-corrected chi connectivity index (χ1v) is 10.6. The van der Waals surface area contributed by atoms with Gasteiger partial charge >= 0.3 is 0 Å². The summed E-state index contributed by atoms with van der Waals surface area (Å²) in [5.74, 6) is 1.82. The molecule has 0 spiro atoms. The average Bonchev–Trinajstić information content (AvgIpc) is 2.79. The van der Waals surface area contributed by atoms with E-state index in [0.717, 1.165) is 11.3 Å². The van der Waals surface area contributed by atoms with E-state index in [2.05, 4.69) is 30.9 Å².